The Balaban J connectivity index is 1.57. The van der Waals surface area contributed by atoms with Crippen LogP contribution in [0.2, 0.25) is 0 Å². The van der Waals surface area contributed by atoms with Gasteiger partial charge in [-0.15, -0.1) is 0 Å². The highest BCUT2D eigenvalue weighted by molar-refractivity contribution is 7.93. The van der Waals surface area contributed by atoms with Crippen molar-refractivity contribution < 1.29 is 43.5 Å². The standard InChI is InChI=1S/C19H20F3N3O7S3/c20-19(21,22)35(31,32)24-16-12-18(16)6-9-25(10-7-18)34(29,30)14-5-4-13(26)11-15(14)33(27,28)17-3-1-2-8-23-17/h1-5,8,11,16,24,26H,6-7,9-10,12H2. The van der Waals surface area contributed by atoms with Gasteiger partial charge in [-0.25, -0.2) is 35.0 Å². The first-order valence-corrected chi connectivity index (χ1v) is 14.6. The zero-order valence-electron chi connectivity index (χ0n) is 17.8. The molecule has 2 heterocycles. The zero-order valence-corrected chi connectivity index (χ0v) is 20.3. The summed E-state index contributed by atoms with van der Waals surface area (Å²) < 4.78 is 116. The van der Waals surface area contributed by atoms with Crippen LogP contribution in [0.1, 0.15) is 19.3 Å². The number of nitrogens with zero attached hydrogens (tertiary/aromatic N) is 2. The summed E-state index contributed by atoms with van der Waals surface area (Å²) in [5.74, 6) is -0.478. The number of sulfone groups is 1. The van der Waals surface area contributed by atoms with E-state index in [1.165, 1.54) is 24.4 Å². The Bertz CT molecular complexity index is 1450. The monoisotopic (exact) mass is 555 g/mol. The minimum atomic E-state index is -5.53. The smallest absolute Gasteiger partial charge is 0.508 e. The van der Waals surface area contributed by atoms with Gasteiger partial charge in [0.05, 0.1) is 4.90 Å². The number of benzene rings is 1. The number of rotatable bonds is 6. The summed E-state index contributed by atoms with van der Waals surface area (Å²) in [5.41, 5.74) is -6.25. The molecule has 2 N–H and O–H groups in total. The van der Waals surface area contributed by atoms with Gasteiger partial charge in [-0.1, -0.05) is 6.07 Å². The van der Waals surface area contributed by atoms with Crippen molar-refractivity contribution in [1.82, 2.24) is 14.0 Å². The van der Waals surface area contributed by atoms with E-state index in [9.17, 15) is 43.5 Å². The number of sulfonamides is 2. The van der Waals surface area contributed by atoms with E-state index in [-0.39, 0.29) is 32.4 Å². The van der Waals surface area contributed by atoms with E-state index in [1.54, 1.807) is 4.72 Å². The zero-order chi connectivity index (χ0) is 25.9. The summed E-state index contributed by atoms with van der Waals surface area (Å²) in [6.07, 6.45) is 1.51. The van der Waals surface area contributed by atoms with Crippen molar-refractivity contribution in [2.45, 2.75) is 45.6 Å². The molecule has 16 heteroatoms. The molecule has 1 aliphatic carbocycles. The number of hydrogen-bond acceptors (Lipinski definition) is 8. The molecule has 0 amide bonds. The van der Waals surface area contributed by atoms with E-state index in [0.29, 0.717) is 0 Å². The summed E-state index contributed by atoms with van der Waals surface area (Å²) in [7, 11) is -14.4. The van der Waals surface area contributed by atoms with Gasteiger partial charge >= 0.3 is 15.5 Å². The Kier molecular flexibility index (Phi) is 6.19. The van der Waals surface area contributed by atoms with E-state index in [4.69, 9.17) is 0 Å². The van der Waals surface area contributed by atoms with Gasteiger partial charge < -0.3 is 5.11 Å². The van der Waals surface area contributed by atoms with Gasteiger partial charge in [0.2, 0.25) is 19.9 Å². The number of piperidine rings is 1. The van der Waals surface area contributed by atoms with Crippen LogP contribution in [0.4, 0.5) is 13.2 Å². The third-order valence-electron chi connectivity index (χ3n) is 6.26. The number of pyridine rings is 1. The molecule has 1 saturated heterocycles. The van der Waals surface area contributed by atoms with Crippen LogP contribution in [0, 0.1) is 5.41 Å². The summed E-state index contributed by atoms with van der Waals surface area (Å²) in [6.45, 7) is -0.312. The Hall–Kier alpha value is -2.27. The van der Waals surface area contributed by atoms with Crippen molar-refractivity contribution in [2.75, 3.05) is 13.1 Å². The molecule has 1 unspecified atom stereocenters. The Morgan fingerprint density at radius 2 is 1.66 bits per heavy atom. The fourth-order valence-electron chi connectivity index (χ4n) is 4.17. The normalized spacial score (nSPS) is 21.2. The largest absolute Gasteiger partial charge is 0.511 e. The van der Waals surface area contributed by atoms with Crippen LogP contribution in [-0.4, -0.2) is 64.3 Å². The van der Waals surface area contributed by atoms with Gasteiger partial charge in [0, 0.05) is 31.4 Å². The molecule has 1 spiro atoms. The van der Waals surface area contributed by atoms with Crippen LogP contribution in [0.3, 0.4) is 0 Å². The van der Waals surface area contributed by atoms with Crippen LogP contribution in [0.15, 0.2) is 57.4 Å². The third-order valence-corrected chi connectivity index (χ3v) is 11.3. The van der Waals surface area contributed by atoms with E-state index >= 15 is 0 Å². The van der Waals surface area contributed by atoms with E-state index in [0.717, 1.165) is 22.5 Å². The van der Waals surface area contributed by atoms with Gasteiger partial charge in [-0.3, -0.25) is 0 Å². The predicted molar refractivity (Wildman–Crippen MR) is 115 cm³/mol. The van der Waals surface area contributed by atoms with Gasteiger partial charge in [0.25, 0.3) is 0 Å². The Labute approximate surface area is 199 Å². The average molecular weight is 556 g/mol. The van der Waals surface area contributed by atoms with Crippen molar-refractivity contribution in [3.05, 3.63) is 42.6 Å². The van der Waals surface area contributed by atoms with E-state index in [2.05, 4.69) is 4.98 Å². The number of alkyl halides is 3. The number of phenols is 1. The van der Waals surface area contributed by atoms with Crippen molar-refractivity contribution in [2.24, 2.45) is 5.41 Å². The van der Waals surface area contributed by atoms with Crippen LogP contribution in [0.25, 0.3) is 0 Å². The number of aromatic nitrogens is 1. The molecule has 4 rings (SSSR count). The number of hydrogen-bond donors (Lipinski definition) is 2. The highest BCUT2D eigenvalue weighted by Gasteiger charge is 2.60. The lowest BCUT2D eigenvalue weighted by atomic mass is 9.94. The third kappa shape index (κ3) is 4.64. The maximum atomic E-state index is 13.4. The highest BCUT2D eigenvalue weighted by atomic mass is 32.2. The second kappa shape index (κ2) is 8.40. The topological polar surface area (TPSA) is 151 Å². The number of aromatic hydroxyl groups is 1. The lowest BCUT2D eigenvalue weighted by Gasteiger charge is -2.32. The van der Waals surface area contributed by atoms with Crippen molar-refractivity contribution >= 4 is 29.9 Å². The molecule has 35 heavy (non-hydrogen) atoms. The Morgan fingerprint density at radius 3 is 2.23 bits per heavy atom. The SMILES string of the molecule is O=S(=O)(c1ccccn1)c1cc(O)ccc1S(=O)(=O)N1CCC2(CC1)CC2NS(=O)(=O)C(F)(F)F. The average Bonchev–Trinajstić information content (AvgIpc) is 3.43. The second-order valence-electron chi connectivity index (χ2n) is 8.39. The molecule has 0 radical (unpaired) electrons. The molecule has 1 saturated carbocycles. The second-order valence-corrected chi connectivity index (χ2v) is 13.9. The van der Waals surface area contributed by atoms with Crippen molar-refractivity contribution in [1.29, 1.82) is 0 Å². The van der Waals surface area contributed by atoms with Crippen LogP contribution in [0.5, 0.6) is 5.75 Å². The molecule has 1 aromatic heterocycles. The first kappa shape index (κ1) is 25.8. The van der Waals surface area contributed by atoms with Gasteiger partial charge in [0.15, 0.2) is 5.03 Å². The maximum Gasteiger partial charge on any atom is 0.511 e. The van der Waals surface area contributed by atoms with Crippen molar-refractivity contribution in [3.63, 3.8) is 0 Å². The molecule has 2 aliphatic rings. The molecule has 2 aromatic rings. The molecule has 10 nitrogen and oxygen atoms in total. The summed E-state index contributed by atoms with van der Waals surface area (Å²) in [4.78, 5) is 2.51. The van der Waals surface area contributed by atoms with Crippen LogP contribution < -0.4 is 4.72 Å². The maximum absolute atomic E-state index is 13.4. The molecular formula is C19H20F3N3O7S3. The summed E-state index contributed by atoms with van der Waals surface area (Å²) >= 11 is 0. The number of phenolic OH excluding ortho intramolecular Hbond substituents is 1. The predicted octanol–water partition coefficient (Wildman–Crippen LogP) is 1.60. The molecule has 192 valence electrons. The lowest BCUT2D eigenvalue weighted by Crippen LogP contribution is -2.44. The molecule has 1 atom stereocenters. The van der Waals surface area contributed by atoms with Crippen molar-refractivity contribution in [3.8, 4) is 5.75 Å². The molecule has 1 aliphatic heterocycles. The molecule has 2 fully saturated rings. The minimum absolute atomic E-state index is 0.0810. The Morgan fingerprint density at radius 1 is 1.00 bits per heavy atom. The highest BCUT2D eigenvalue weighted by Crippen LogP contribution is 2.55. The summed E-state index contributed by atoms with van der Waals surface area (Å²) in [6, 6.07) is 5.89. The van der Waals surface area contributed by atoms with Gasteiger partial charge in [-0.05, 0) is 48.9 Å². The molecule has 1 aromatic carbocycles. The first-order chi connectivity index (χ1) is 16.1. The first-order valence-electron chi connectivity index (χ1n) is 10.2. The van der Waals surface area contributed by atoms with E-state index < -0.39 is 67.4 Å². The van der Waals surface area contributed by atoms with Gasteiger partial charge in [-0.2, -0.15) is 17.5 Å². The van der Waals surface area contributed by atoms with Crippen LogP contribution >= 0.6 is 0 Å². The number of halogens is 3. The minimum Gasteiger partial charge on any atom is -0.508 e. The lowest BCUT2D eigenvalue weighted by molar-refractivity contribution is -0.0449. The molecular weight excluding hydrogens is 535 g/mol. The van der Waals surface area contributed by atoms with E-state index in [1.807, 2.05) is 0 Å². The number of nitrogens with one attached hydrogen (secondary N) is 1. The fourth-order valence-corrected chi connectivity index (χ4v) is 8.44. The molecule has 0 bridgehead atoms. The summed E-state index contributed by atoms with van der Waals surface area (Å²) in [5, 5.41) is 9.43. The van der Waals surface area contributed by atoms with Crippen LogP contribution in [-0.2, 0) is 29.9 Å². The van der Waals surface area contributed by atoms with Gasteiger partial charge in [0.1, 0.15) is 10.6 Å². The quantitative estimate of drug-likeness (QED) is 0.546. The fraction of sp³-hybridized carbons (Fsp3) is 0.421.